The third-order valence-corrected chi connectivity index (χ3v) is 5.41. The summed E-state index contributed by atoms with van der Waals surface area (Å²) in [6.07, 6.45) is 1.59. The van der Waals surface area contributed by atoms with Crippen molar-refractivity contribution in [2.24, 2.45) is 0 Å². The van der Waals surface area contributed by atoms with Gasteiger partial charge in [0.05, 0.1) is 5.01 Å². The van der Waals surface area contributed by atoms with Gasteiger partial charge in [-0.1, -0.05) is 30.3 Å². The van der Waals surface area contributed by atoms with Gasteiger partial charge in [0.25, 0.3) is 5.91 Å². The van der Waals surface area contributed by atoms with Gasteiger partial charge in [-0.05, 0) is 25.3 Å². The lowest BCUT2D eigenvalue weighted by Crippen LogP contribution is -2.42. The average Bonchev–Trinajstić information content (AvgIpc) is 3.03. The standard InChI is InChI=1S/C18H22N2O2S/c1-13-12-23-17(19-13)15-9-6-10-20(11-15)18(21)16(22-2)14-7-4-3-5-8-14/h3-5,7-8,12,15-16H,6,9-11H2,1-2H3/t15-,16+/m1/s1. The van der Waals surface area contributed by atoms with Crippen LogP contribution in [-0.2, 0) is 9.53 Å². The van der Waals surface area contributed by atoms with Gasteiger partial charge in [-0.2, -0.15) is 0 Å². The number of benzene rings is 1. The number of likely N-dealkylation sites (tertiary alicyclic amines) is 1. The van der Waals surface area contributed by atoms with Gasteiger partial charge in [-0.15, -0.1) is 11.3 Å². The smallest absolute Gasteiger partial charge is 0.256 e. The Bertz CT molecular complexity index is 656. The second kappa shape index (κ2) is 7.23. The Morgan fingerprint density at radius 1 is 1.39 bits per heavy atom. The zero-order chi connectivity index (χ0) is 16.2. The third-order valence-electron chi connectivity index (χ3n) is 4.28. The van der Waals surface area contributed by atoms with E-state index in [0.29, 0.717) is 5.92 Å². The van der Waals surface area contributed by atoms with Gasteiger partial charge in [0.1, 0.15) is 0 Å². The van der Waals surface area contributed by atoms with Gasteiger partial charge in [-0.3, -0.25) is 4.79 Å². The third kappa shape index (κ3) is 3.62. The van der Waals surface area contributed by atoms with Crippen LogP contribution in [0.1, 0.15) is 41.1 Å². The molecule has 0 spiro atoms. The second-order valence-corrected chi connectivity index (χ2v) is 6.87. The number of rotatable bonds is 4. The SMILES string of the molecule is CO[C@H](C(=O)N1CCC[C@@H](c2nc(C)cs2)C1)c1ccccc1. The van der Waals surface area contributed by atoms with Crippen molar-refractivity contribution in [3.63, 3.8) is 0 Å². The molecule has 1 fully saturated rings. The Kier molecular flexibility index (Phi) is 5.08. The number of amides is 1. The van der Waals surface area contributed by atoms with Crippen LogP contribution in [0.15, 0.2) is 35.7 Å². The minimum absolute atomic E-state index is 0.0525. The monoisotopic (exact) mass is 330 g/mol. The topological polar surface area (TPSA) is 42.4 Å². The molecule has 4 nitrogen and oxygen atoms in total. The van der Waals surface area contributed by atoms with Crippen molar-refractivity contribution >= 4 is 17.2 Å². The Morgan fingerprint density at radius 2 is 2.17 bits per heavy atom. The molecule has 0 radical (unpaired) electrons. The summed E-state index contributed by atoms with van der Waals surface area (Å²) in [5, 5.41) is 3.23. The van der Waals surface area contributed by atoms with Gasteiger partial charge < -0.3 is 9.64 Å². The summed E-state index contributed by atoms with van der Waals surface area (Å²) in [5.74, 6) is 0.399. The number of nitrogens with zero attached hydrogens (tertiary/aromatic N) is 2. The van der Waals surface area contributed by atoms with E-state index in [0.717, 1.165) is 42.2 Å². The Hall–Kier alpha value is -1.72. The summed E-state index contributed by atoms with van der Waals surface area (Å²) in [4.78, 5) is 19.4. The molecule has 0 N–H and O–H groups in total. The molecule has 1 aromatic carbocycles. The molecule has 1 saturated heterocycles. The molecule has 2 aromatic rings. The predicted octanol–water partition coefficient (Wildman–Crippen LogP) is 3.55. The maximum atomic E-state index is 12.9. The molecule has 0 bridgehead atoms. The Morgan fingerprint density at radius 3 is 2.83 bits per heavy atom. The molecule has 3 rings (SSSR count). The van der Waals surface area contributed by atoms with Crippen molar-refractivity contribution in [1.82, 2.24) is 9.88 Å². The average molecular weight is 330 g/mol. The molecule has 5 heteroatoms. The summed E-state index contributed by atoms with van der Waals surface area (Å²) in [6, 6.07) is 9.70. The van der Waals surface area contributed by atoms with Crippen LogP contribution in [0.3, 0.4) is 0 Å². The highest BCUT2D eigenvalue weighted by molar-refractivity contribution is 7.09. The number of carbonyl (C=O) groups is 1. The molecule has 1 aliphatic heterocycles. The van der Waals surface area contributed by atoms with Crippen molar-refractivity contribution in [3.05, 3.63) is 52.0 Å². The number of hydrogen-bond acceptors (Lipinski definition) is 4. The van der Waals surface area contributed by atoms with Crippen LogP contribution >= 0.6 is 11.3 Å². The van der Waals surface area contributed by atoms with Crippen molar-refractivity contribution in [3.8, 4) is 0 Å². The quantitative estimate of drug-likeness (QED) is 0.861. The zero-order valence-electron chi connectivity index (χ0n) is 13.6. The molecule has 122 valence electrons. The summed E-state index contributed by atoms with van der Waals surface area (Å²) in [6.45, 7) is 3.55. The van der Waals surface area contributed by atoms with Crippen LogP contribution in [-0.4, -0.2) is 36.0 Å². The molecule has 1 aromatic heterocycles. The van der Waals surface area contributed by atoms with E-state index in [4.69, 9.17) is 4.74 Å². The number of hydrogen-bond donors (Lipinski definition) is 0. The van der Waals surface area contributed by atoms with Crippen LogP contribution in [0.25, 0.3) is 0 Å². The molecule has 0 unspecified atom stereocenters. The summed E-state index contributed by atoms with van der Waals surface area (Å²) in [7, 11) is 1.60. The van der Waals surface area contributed by atoms with Crippen molar-refractivity contribution < 1.29 is 9.53 Å². The van der Waals surface area contributed by atoms with Crippen LogP contribution < -0.4 is 0 Å². The summed E-state index contributed by atoms with van der Waals surface area (Å²) < 4.78 is 5.49. The molecule has 2 atom stereocenters. The fourth-order valence-corrected chi connectivity index (χ4v) is 4.04. The largest absolute Gasteiger partial charge is 0.367 e. The lowest BCUT2D eigenvalue weighted by molar-refractivity contribution is -0.143. The van der Waals surface area contributed by atoms with Gasteiger partial charge in [0, 0.05) is 37.2 Å². The first kappa shape index (κ1) is 16.1. The molecule has 1 aliphatic rings. The zero-order valence-corrected chi connectivity index (χ0v) is 14.4. The first-order valence-electron chi connectivity index (χ1n) is 7.97. The number of piperidine rings is 1. The van der Waals surface area contributed by atoms with Crippen LogP contribution in [0.2, 0.25) is 0 Å². The highest BCUT2D eigenvalue weighted by atomic mass is 32.1. The van der Waals surface area contributed by atoms with Crippen LogP contribution in [0.5, 0.6) is 0 Å². The molecule has 0 aliphatic carbocycles. The summed E-state index contributed by atoms with van der Waals surface area (Å²) >= 11 is 1.70. The molecule has 1 amide bonds. The van der Waals surface area contributed by atoms with Crippen molar-refractivity contribution in [2.75, 3.05) is 20.2 Å². The molecule has 0 saturated carbocycles. The van der Waals surface area contributed by atoms with E-state index in [-0.39, 0.29) is 5.91 Å². The number of aryl methyl sites for hydroxylation is 1. The second-order valence-electron chi connectivity index (χ2n) is 5.98. The van der Waals surface area contributed by atoms with E-state index in [1.165, 1.54) is 0 Å². The first-order valence-corrected chi connectivity index (χ1v) is 8.85. The first-order chi connectivity index (χ1) is 11.2. The lowest BCUT2D eigenvalue weighted by atomic mass is 9.97. The van der Waals surface area contributed by atoms with Crippen LogP contribution in [0.4, 0.5) is 0 Å². The highest BCUT2D eigenvalue weighted by Gasteiger charge is 2.31. The van der Waals surface area contributed by atoms with E-state index in [1.807, 2.05) is 42.2 Å². The van der Waals surface area contributed by atoms with E-state index < -0.39 is 6.10 Å². The van der Waals surface area contributed by atoms with Gasteiger partial charge in [0.15, 0.2) is 6.10 Å². The number of ether oxygens (including phenoxy) is 1. The molecular formula is C18H22N2O2S. The van der Waals surface area contributed by atoms with Gasteiger partial charge >= 0.3 is 0 Å². The minimum atomic E-state index is -0.520. The van der Waals surface area contributed by atoms with Gasteiger partial charge in [0.2, 0.25) is 0 Å². The fourth-order valence-electron chi connectivity index (χ4n) is 3.11. The number of thiazole rings is 1. The molecule has 23 heavy (non-hydrogen) atoms. The van der Waals surface area contributed by atoms with E-state index in [9.17, 15) is 4.79 Å². The number of methoxy groups -OCH3 is 1. The maximum Gasteiger partial charge on any atom is 0.256 e. The number of carbonyl (C=O) groups excluding carboxylic acids is 1. The Labute approximate surface area is 141 Å². The maximum absolute atomic E-state index is 12.9. The van der Waals surface area contributed by atoms with Crippen LogP contribution in [0, 0.1) is 6.92 Å². The highest BCUT2D eigenvalue weighted by Crippen LogP contribution is 2.31. The number of aromatic nitrogens is 1. The normalized spacial score (nSPS) is 19.6. The fraction of sp³-hybridized carbons (Fsp3) is 0.444. The van der Waals surface area contributed by atoms with Crippen molar-refractivity contribution in [1.29, 1.82) is 0 Å². The van der Waals surface area contributed by atoms with Gasteiger partial charge in [-0.25, -0.2) is 4.98 Å². The van der Waals surface area contributed by atoms with E-state index >= 15 is 0 Å². The minimum Gasteiger partial charge on any atom is -0.367 e. The van der Waals surface area contributed by atoms with Crippen molar-refractivity contribution in [2.45, 2.75) is 31.8 Å². The Balaban J connectivity index is 1.73. The lowest BCUT2D eigenvalue weighted by Gasteiger charge is -2.34. The predicted molar refractivity (Wildman–Crippen MR) is 91.6 cm³/mol. The summed E-state index contributed by atoms with van der Waals surface area (Å²) in [5.41, 5.74) is 1.97. The molecular weight excluding hydrogens is 308 g/mol. The molecule has 2 heterocycles. The van der Waals surface area contributed by atoms with E-state index in [2.05, 4.69) is 10.4 Å². The van der Waals surface area contributed by atoms with E-state index in [1.54, 1.807) is 18.4 Å².